The molecule has 0 amide bonds. The van der Waals surface area contributed by atoms with E-state index in [4.69, 9.17) is 14.6 Å². The fourth-order valence-electron chi connectivity index (χ4n) is 2.97. The van der Waals surface area contributed by atoms with Crippen molar-refractivity contribution < 1.29 is 50.0 Å². The van der Waals surface area contributed by atoms with E-state index < -0.39 is 67.6 Å². The van der Waals surface area contributed by atoms with Crippen LogP contribution in [0.2, 0.25) is 0 Å². The van der Waals surface area contributed by atoms with E-state index in [0.29, 0.717) is 0 Å². The molecular weight excluding hydrogens is 304 g/mol. The summed E-state index contributed by atoms with van der Waals surface area (Å²) in [6.07, 6.45) is -13.5. The Bertz CT molecular complexity index is 403. The number of hydrogen-bond donors (Lipinski definition) is 7. The van der Waals surface area contributed by atoms with E-state index in [2.05, 4.69) is 0 Å². The summed E-state index contributed by atoms with van der Waals surface area (Å²) >= 11 is 0. The summed E-state index contributed by atoms with van der Waals surface area (Å²) in [6.45, 7) is -1.17. The molecule has 0 spiro atoms. The maximum absolute atomic E-state index is 11.0. The minimum atomic E-state index is -2.24. The zero-order valence-corrected chi connectivity index (χ0v) is 11.5. The van der Waals surface area contributed by atoms with Crippen LogP contribution in [0.25, 0.3) is 0 Å². The number of aliphatic hydroxyl groups is 7. The number of carbonyl (C=O) groups is 1. The summed E-state index contributed by atoms with van der Waals surface area (Å²) in [5, 5.41) is 68.4. The maximum Gasteiger partial charge on any atom is 0.158 e. The molecule has 2 aliphatic rings. The molecule has 9 atom stereocenters. The molecule has 2 heterocycles. The molecular formula is C12H20O10. The molecule has 0 bridgehead atoms. The Kier molecular flexibility index (Phi) is 5.16. The summed E-state index contributed by atoms with van der Waals surface area (Å²) in [6, 6.07) is 0. The number of carbonyl (C=O) groups excluding carboxylic acids is 1. The summed E-state index contributed by atoms with van der Waals surface area (Å²) in [7, 11) is 0. The van der Waals surface area contributed by atoms with Crippen molar-refractivity contribution in [1.29, 1.82) is 0 Å². The smallest absolute Gasteiger partial charge is 0.158 e. The second-order valence-corrected chi connectivity index (χ2v) is 5.51. The summed E-state index contributed by atoms with van der Waals surface area (Å²) in [5.74, 6) is 0. The van der Waals surface area contributed by atoms with Gasteiger partial charge < -0.3 is 50.0 Å². The van der Waals surface area contributed by atoms with Crippen molar-refractivity contribution >= 4 is 6.29 Å². The van der Waals surface area contributed by atoms with Gasteiger partial charge in [0, 0.05) is 0 Å². The highest BCUT2D eigenvalue weighted by atomic mass is 16.6. The van der Waals surface area contributed by atoms with Crippen molar-refractivity contribution in [1.82, 2.24) is 0 Å². The lowest BCUT2D eigenvalue weighted by Gasteiger charge is -2.48. The first kappa shape index (κ1) is 17.7. The molecule has 10 heteroatoms. The Morgan fingerprint density at radius 1 is 1.14 bits per heavy atom. The highest BCUT2D eigenvalue weighted by Gasteiger charge is 2.64. The molecule has 10 nitrogen and oxygen atoms in total. The van der Waals surface area contributed by atoms with Crippen molar-refractivity contribution in [2.45, 2.75) is 54.4 Å². The Balaban J connectivity index is 2.41. The molecule has 0 aromatic heterocycles. The van der Waals surface area contributed by atoms with Crippen molar-refractivity contribution in [2.75, 3.05) is 13.2 Å². The van der Waals surface area contributed by atoms with Crippen LogP contribution in [-0.4, -0.2) is 110 Å². The third kappa shape index (κ3) is 2.46. The third-order valence-electron chi connectivity index (χ3n) is 4.26. The van der Waals surface area contributed by atoms with E-state index in [1.54, 1.807) is 0 Å². The second-order valence-electron chi connectivity index (χ2n) is 5.51. The van der Waals surface area contributed by atoms with Gasteiger partial charge in [0.2, 0.25) is 0 Å². The molecule has 0 aromatic carbocycles. The van der Waals surface area contributed by atoms with Gasteiger partial charge in [-0.1, -0.05) is 0 Å². The molecule has 2 rings (SSSR count). The van der Waals surface area contributed by atoms with Gasteiger partial charge >= 0.3 is 0 Å². The Hall–Kier alpha value is -0.690. The Labute approximate surface area is 125 Å². The number of ether oxygens (including phenoxy) is 2. The van der Waals surface area contributed by atoms with Crippen LogP contribution in [0.3, 0.4) is 0 Å². The summed E-state index contributed by atoms with van der Waals surface area (Å²) < 4.78 is 10.4. The molecule has 2 aliphatic heterocycles. The fourth-order valence-corrected chi connectivity index (χ4v) is 2.97. The zero-order valence-electron chi connectivity index (χ0n) is 11.5. The van der Waals surface area contributed by atoms with Gasteiger partial charge in [0.15, 0.2) is 11.9 Å². The van der Waals surface area contributed by atoms with Crippen LogP contribution in [0.1, 0.15) is 0 Å². The minimum absolute atomic E-state index is 0.0305. The molecule has 2 fully saturated rings. The van der Waals surface area contributed by atoms with Crippen LogP contribution in [0.5, 0.6) is 0 Å². The van der Waals surface area contributed by atoms with Crippen LogP contribution >= 0.6 is 0 Å². The fraction of sp³-hybridized carbons (Fsp3) is 0.917. The molecule has 2 saturated heterocycles. The molecule has 1 unspecified atom stereocenters. The third-order valence-corrected chi connectivity index (χ3v) is 4.26. The first-order chi connectivity index (χ1) is 10.3. The largest absolute Gasteiger partial charge is 0.394 e. The van der Waals surface area contributed by atoms with Crippen molar-refractivity contribution in [3.63, 3.8) is 0 Å². The molecule has 0 radical (unpaired) electrons. The maximum atomic E-state index is 11.0. The van der Waals surface area contributed by atoms with E-state index in [-0.39, 0.29) is 6.29 Å². The van der Waals surface area contributed by atoms with E-state index in [1.165, 1.54) is 0 Å². The quantitative estimate of drug-likeness (QED) is 0.247. The van der Waals surface area contributed by atoms with Gasteiger partial charge in [0.25, 0.3) is 0 Å². The predicted molar refractivity (Wildman–Crippen MR) is 66.5 cm³/mol. The van der Waals surface area contributed by atoms with Crippen molar-refractivity contribution in [3.05, 3.63) is 0 Å². The lowest BCUT2D eigenvalue weighted by atomic mass is 9.78. The lowest BCUT2D eigenvalue weighted by molar-refractivity contribution is -0.294. The second kappa shape index (κ2) is 6.43. The summed E-state index contributed by atoms with van der Waals surface area (Å²) in [5.41, 5.74) is -2.24. The lowest BCUT2D eigenvalue weighted by Crippen LogP contribution is -2.71. The van der Waals surface area contributed by atoms with Crippen LogP contribution in [0.15, 0.2) is 0 Å². The predicted octanol–water partition coefficient (Wildman–Crippen LogP) is -5.12. The number of aliphatic hydroxyl groups excluding tert-OH is 7. The molecule has 7 N–H and O–H groups in total. The minimum Gasteiger partial charge on any atom is -0.394 e. The first-order valence-electron chi connectivity index (χ1n) is 6.75. The highest BCUT2D eigenvalue weighted by Crippen LogP contribution is 2.39. The van der Waals surface area contributed by atoms with Crippen LogP contribution in [0, 0.1) is 0 Å². The van der Waals surface area contributed by atoms with E-state index in [0.717, 1.165) is 0 Å². The standard InChI is InChI=1S/C12H20O10/c13-1-5-7(17)8(18)9(19)11(22-5)12(6(16)2-14)10(20)4(15)3-21-12/h2,4-11,13,15-20H,1,3H2/t4-,5+,6+,7-,8-,9+,10+,11?,12-/m0/s1. The van der Waals surface area contributed by atoms with Gasteiger partial charge in [-0.3, -0.25) is 0 Å². The van der Waals surface area contributed by atoms with E-state index in [1.807, 2.05) is 0 Å². The van der Waals surface area contributed by atoms with Crippen molar-refractivity contribution in [3.8, 4) is 0 Å². The number of rotatable bonds is 4. The zero-order chi connectivity index (χ0) is 16.7. The number of aldehydes is 1. The van der Waals surface area contributed by atoms with E-state index >= 15 is 0 Å². The summed E-state index contributed by atoms with van der Waals surface area (Å²) in [4.78, 5) is 11.0. The Morgan fingerprint density at radius 3 is 2.23 bits per heavy atom. The van der Waals surface area contributed by atoms with Gasteiger partial charge in [-0.15, -0.1) is 0 Å². The topological polar surface area (TPSA) is 177 Å². The average Bonchev–Trinajstić information content (AvgIpc) is 2.82. The van der Waals surface area contributed by atoms with Gasteiger partial charge in [0.05, 0.1) is 13.2 Å². The monoisotopic (exact) mass is 324 g/mol. The highest BCUT2D eigenvalue weighted by molar-refractivity contribution is 5.59. The van der Waals surface area contributed by atoms with Gasteiger partial charge in [-0.05, 0) is 0 Å². The van der Waals surface area contributed by atoms with Gasteiger partial charge in [-0.2, -0.15) is 0 Å². The molecule has 22 heavy (non-hydrogen) atoms. The average molecular weight is 324 g/mol. The number of hydrogen-bond acceptors (Lipinski definition) is 10. The first-order valence-corrected chi connectivity index (χ1v) is 6.75. The van der Waals surface area contributed by atoms with Crippen LogP contribution in [-0.2, 0) is 14.3 Å². The molecule has 0 aliphatic carbocycles. The molecule has 0 aromatic rings. The van der Waals surface area contributed by atoms with Crippen LogP contribution in [0.4, 0.5) is 0 Å². The van der Waals surface area contributed by atoms with Crippen LogP contribution < -0.4 is 0 Å². The SMILES string of the molecule is O=C[C@@H](O)[C@]1(C2O[C@H](CO)[C@H](O)[C@H](O)[C@H]2O)OC[C@H](O)[C@H]1O. The van der Waals surface area contributed by atoms with E-state index in [9.17, 15) is 35.4 Å². The van der Waals surface area contributed by atoms with Gasteiger partial charge in [-0.25, -0.2) is 0 Å². The van der Waals surface area contributed by atoms with Gasteiger partial charge in [0.1, 0.15) is 48.8 Å². The Morgan fingerprint density at radius 2 is 1.77 bits per heavy atom. The molecule has 128 valence electrons. The normalized spacial score (nSPS) is 50.8. The van der Waals surface area contributed by atoms with Crippen molar-refractivity contribution in [2.24, 2.45) is 0 Å². The molecule has 0 saturated carbocycles.